The summed E-state index contributed by atoms with van der Waals surface area (Å²) >= 11 is 0. The summed E-state index contributed by atoms with van der Waals surface area (Å²) in [5.74, 6) is 0.242. The Morgan fingerprint density at radius 3 is 2.37 bits per heavy atom. The van der Waals surface area contributed by atoms with Crippen molar-refractivity contribution in [2.45, 2.75) is 39.2 Å². The van der Waals surface area contributed by atoms with Gasteiger partial charge in [0.05, 0.1) is 0 Å². The minimum absolute atomic E-state index is 0.0563. The van der Waals surface area contributed by atoms with E-state index in [1.807, 2.05) is 34.9 Å². The van der Waals surface area contributed by atoms with E-state index in [4.69, 9.17) is 0 Å². The monoisotopic (exact) mass is 403 g/mol. The first-order chi connectivity index (χ1) is 14.6. The number of carbonyl (C=O) groups excluding carboxylic acids is 2. The Kier molecular flexibility index (Phi) is 6.17. The molecule has 5 nitrogen and oxygen atoms in total. The van der Waals surface area contributed by atoms with Gasteiger partial charge in [0.1, 0.15) is 0 Å². The number of amides is 3. The fourth-order valence-corrected chi connectivity index (χ4v) is 4.17. The molecule has 4 rings (SSSR count). The summed E-state index contributed by atoms with van der Waals surface area (Å²) in [5, 5.41) is 3.02. The van der Waals surface area contributed by atoms with Crippen LogP contribution in [-0.2, 0) is 17.8 Å². The minimum atomic E-state index is -0.0563. The van der Waals surface area contributed by atoms with E-state index in [0.29, 0.717) is 19.5 Å². The largest absolute Gasteiger partial charge is 0.339 e. The van der Waals surface area contributed by atoms with Gasteiger partial charge in [0.2, 0.25) is 5.91 Å². The molecule has 0 bridgehead atoms. The molecule has 0 saturated heterocycles. The van der Waals surface area contributed by atoms with Crippen LogP contribution in [0, 0.1) is 0 Å². The van der Waals surface area contributed by atoms with Gasteiger partial charge in [-0.2, -0.15) is 0 Å². The molecular weight excluding hydrogens is 374 g/mol. The summed E-state index contributed by atoms with van der Waals surface area (Å²) in [6.07, 6.45) is 5.43. The zero-order valence-corrected chi connectivity index (χ0v) is 17.6. The van der Waals surface area contributed by atoms with Gasteiger partial charge in [0.25, 0.3) is 0 Å². The lowest BCUT2D eigenvalue weighted by molar-refractivity contribution is -0.130. The second-order valence-electron chi connectivity index (χ2n) is 8.02. The summed E-state index contributed by atoms with van der Waals surface area (Å²) in [5.41, 5.74) is 5.79. The SMILES string of the molecule is CCCC(=O)N1CC=C(c2ccc(NC(=O)N3CCc4ccccc4C3)cc2)CC1. The average Bonchev–Trinajstić information content (AvgIpc) is 2.79. The Balaban J connectivity index is 1.34. The molecule has 3 amide bonds. The van der Waals surface area contributed by atoms with E-state index < -0.39 is 0 Å². The molecule has 0 spiro atoms. The third kappa shape index (κ3) is 4.56. The van der Waals surface area contributed by atoms with Gasteiger partial charge in [-0.05, 0) is 53.7 Å². The second-order valence-corrected chi connectivity index (χ2v) is 8.02. The van der Waals surface area contributed by atoms with Crippen molar-refractivity contribution in [3.05, 3.63) is 71.3 Å². The molecule has 156 valence electrons. The third-order valence-corrected chi connectivity index (χ3v) is 5.95. The fraction of sp³-hybridized carbons (Fsp3) is 0.360. The van der Waals surface area contributed by atoms with Crippen molar-refractivity contribution >= 4 is 23.2 Å². The number of nitrogens with one attached hydrogen (secondary N) is 1. The van der Waals surface area contributed by atoms with Gasteiger partial charge in [0.15, 0.2) is 0 Å². The molecule has 1 N–H and O–H groups in total. The molecule has 2 aliphatic heterocycles. The van der Waals surface area contributed by atoms with E-state index in [2.05, 4.69) is 41.7 Å². The number of nitrogens with zero attached hydrogens (tertiary/aromatic N) is 2. The summed E-state index contributed by atoms with van der Waals surface area (Å²) in [6.45, 7) is 4.89. The zero-order chi connectivity index (χ0) is 20.9. The van der Waals surface area contributed by atoms with Crippen LogP contribution in [-0.4, -0.2) is 41.4 Å². The normalized spacial score (nSPS) is 16.0. The quantitative estimate of drug-likeness (QED) is 0.805. The molecule has 2 aliphatic rings. The van der Waals surface area contributed by atoms with Crippen molar-refractivity contribution in [3.8, 4) is 0 Å². The van der Waals surface area contributed by atoms with Gasteiger partial charge < -0.3 is 15.1 Å². The summed E-state index contributed by atoms with van der Waals surface area (Å²) in [6, 6.07) is 16.3. The molecule has 5 heteroatoms. The van der Waals surface area contributed by atoms with Crippen molar-refractivity contribution in [2.75, 3.05) is 25.0 Å². The molecule has 0 radical (unpaired) electrons. The predicted octanol–water partition coefficient (Wildman–Crippen LogP) is 4.69. The van der Waals surface area contributed by atoms with E-state index >= 15 is 0 Å². The Hall–Kier alpha value is -3.08. The number of rotatable bonds is 4. The number of anilines is 1. The van der Waals surface area contributed by atoms with Crippen LogP contribution in [0.25, 0.3) is 5.57 Å². The maximum atomic E-state index is 12.7. The maximum Gasteiger partial charge on any atom is 0.322 e. The highest BCUT2D eigenvalue weighted by Gasteiger charge is 2.21. The summed E-state index contributed by atoms with van der Waals surface area (Å²) in [7, 11) is 0. The minimum Gasteiger partial charge on any atom is -0.339 e. The molecule has 2 aromatic carbocycles. The highest BCUT2D eigenvalue weighted by Crippen LogP contribution is 2.25. The number of hydrogen-bond acceptors (Lipinski definition) is 2. The van der Waals surface area contributed by atoms with E-state index in [-0.39, 0.29) is 11.9 Å². The van der Waals surface area contributed by atoms with Gasteiger partial charge in [-0.25, -0.2) is 4.79 Å². The van der Waals surface area contributed by atoms with Crippen LogP contribution in [0.1, 0.15) is 42.9 Å². The van der Waals surface area contributed by atoms with Gasteiger partial charge in [-0.3, -0.25) is 4.79 Å². The molecule has 2 heterocycles. The van der Waals surface area contributed by atoms with E-state index in [1.54, 1.807) is 0 Å². The molecule has 0 saturated carbocycles. The Bertz CT molecular complexity index is 949. The van der Waals surface area contributed by atoms with Crippen LogP contribution >= 0.6 is 0 Å². The van der Waals surface area contributed by atoms with Crippen LogP contribution in [0.4, 0.5) is 10.5 Å². The lowest BCUT2D eigenvalue weighted by Gasteiger charge is -2.29. The van der Waals surface area contributed by atoms with Crippen LogP contribution in [0.2, 0.25) is 0 Å². The standard InChI is InChI=1S/C25H29N3O2/c1-2-5-24(29)27-15-12-21(13-16-27)20-8-10-23(11-9-20)26-25(30)28-17-14-19-6-3-4-7-22(19)18-28/h3-4,6-12H,2,5,13-18H2,1H3,(H,26,30). The fourth-order valence-electron chi connectivity index (χ4n) is 4.17. The number of benzene rings is 2. The summed E-state index contributed by atoms with van der Waals surface area (Å²) in [4.78, 5) is 28.5. The molecular formula is C25H29N3O2. The van der Waals surface area contributed by atoms with Gasteiger partial charge in [0, 0.05) is 38.3 Å². The van der Waals surface area contributed by atoms with Gasteiger partial charge in [-0.15, -0.1) is 0 Å². The number of carbonyl (C=O) groups is 2. The molecule has 0 unspecified atom stereocenters. The van der Waals surface area contributed by atoms with Gasteiger partial charge in [-0.1, -0.05) is 49.4 Å². The van der Waals surface area contributed by atoms with Crippen LogP contribution < -0.4 is 5.32 Å². The van der Waals surface area contributed by atoms with Crippen molar-refractivity contribution in [1.29, 1.82) is 0 Å². The highest BCUT2D eigenvalue weighted by molar-refractivity contribution is 5.89. The molecule has 0 atom stereocenters. The van der Waals surface area contributed by atoms with Crippen molar-refractivity contribution in [2.24, 2.45) is 0 Å². The molecule has 0 aliphatic carbocycles. The molecule has 0 aromatic heterocycles. The summed E-state index contributed by atoms with van der Waals surface area (Å²) < 4.78 is 0. The van der Waals surface area contributed by atoms with Crippen molar-refractivity contribution < 1.29 is 9.59 Å². The first-order valence-corrected chi connectivity index (χ1v) is 10.8. The lowest BCUT2D eigenvalue weighted by Crippen LogP contribution is -2.38. The van der Waals surface area contributed by atoms with E-state index in [0.717, 1.165) is 43.6 Å². The topological polar surface area (TPSA) is 52.7 Å². The number of urea groups is 1. The van der Waals surface area contributed by atoms with E-state index in [1.165, 1.54) is 16.7 Å². The van der Waals surface area contributed by atoms with Crippen molar-refractivity contribution in [1.82, 2.24) is 9.80 Å². The number of hydrogen-bond donors (Lipinski definition) is 1. The van der Waals surface area contributed by atoms with E-state index in [9.17, 15) is 9.59 Å². The second kappa shape index (κ2) is 9.16. The Morgan fingerprint density at radius 2 is 1.67 bits per heavy atom. The lowest BCUT2D eigenvalue weighted by atomic mass is 9.99. The first kappa shape index (κ1) is 20.2. The average molecular weight is 404 g/mol. The van der Waals surface area contributed by atoms with Crippen LogP contribution in [0.3, 0.4) is 0 Å². The molecule has 2 aromatic rings. The van der Waals surface area contributed by atoms with Crippen molar-refractivity contribution in [3.63, 3.8) is 0 Å². The Morgan fingerprint density at radius 1 is 0.933 bits per heavy atom. The zero-order valence-electron chi connectivity index (χ0n) is 17.6. The predicted molar refractivity (Wildman–Crippen MR) is 120 cm³/mol. The smallest absolute Gasteiger partial charge is 0.322 e. The first-order valence-electron chi connectivity index (χ1n) is 10.8. The van der Waals surface area contributed by atoms with Gasteiger partial charge >= 0.3 is 6.03 Å². The number of fused-ring (bicyclic) bond motifs is 1. The Labute approximate surface area is 178 Å². The van der Waals surface area contributed by atoms with Crippen LogP contribution in [0.5, 0.6) is 0 Å². The maximum absolute atomic E-state index is 12.7. The third-order valence-electron chi connectivity index (χ3n) is 5.95. The highest BCUT2D eigenvalue weighted by atomic mass is 16.2. The molecule has 30 heavy (non-hydrogen) atoms. The van der Waals surface area contributed by atoms with Crippen LogP contribution in [0.15, 0.2) is 54.6 Å². The molecule has 0 fully saturated rings.